The molecule has 0 spiro atoms. The first-order valence-corrected chi connectivity index (χ1v) is 8.24. The first kappa shape index (κ1) is 12.3. The first-order valence-electron chi connectivity index (χ1n) is 6.41. The van der Waals surface area contributed by atoms with Crippen LogP contribution in [0.25, 0.3) is 11.4 Å². The van der Waals surface area contributed by atoms with Crippen molar-refractivity contribution in [3.05, 3.63) is 21.3 Å². The summed E-state index contributed by atoms with van der Waals surface area (Å²) < 4.78 is 0. The van der Waals surface area contributed by atoms with E-state index in [-0.39, 0.29) is 5.54 Å². The van der Waals surface area contributed by atoms with Crippen LogP contribution in [-0.4, -0.2) is 9.97 Å². The molecule has 2 heterocycles. The number of aromatic nitrogens is 2. The summed E-state index contributed by atoms with van der Waals surface area (Å²) in [4.78, 5) is 9.04. The minimum Gasteiger partial charge on any atom is -0.319 e. The molecule has 96 valence electrons. The van der Waals surface area contributed by atoms with Gasteiger partial charge in [-0.25, -0.2) is 9.97 Å². The molecule has 0 saturated heterocycles. The SMILES string of the molecule is NC1(c2nc(-c3cscn3)cs2)CCCCCC1. The summed E-state index contributed by atoms with van der Waals surface area (Å²) in [5.74, 6) is 0. The lowest BCUT2D eigenvalue weighted by molar-refractivity contribution is 0.384. The average Bonchev–Trinajstić information content (AvgIpc) is 3.00. The fourth-order valence-electron chi connectivity index (χ4n) is 2.53. The largest absolute Gasteiger partial charge is 0.319 e. The number of nitrogens with two attached hydrogens (primary N) is 1. The van der Waals surface area contributed by atoms with E-state index in [1.807, 2.05) is 10.9 Å². The van der Waals surface area contributed by atoms with Crippen LogP contribution in [0.3, 0.4) is 0 Å². The van der Waals surface area contributed by atoms with Gasteiger partial charge in [0.05, 0.1) is 11.0 Å². The van der Waals surface area contributed by atoms with Crippen molar-refractivity contribution in [2.45, 2.75) is 44.1 Å². The Morgan fingerprint density at radius 2 is 1.83 bits per heavy atom. The molecule has 3 nitrogen and oxygen atoms in total. The van der Waals surface area contributed by atoms with Gasteiger partial charge in [0.25, 0.3) is 0 Å². The van der Waals surface area contributed by atoms with Crippen LogP contribution in [0.2, 0.25) is 0 Å². The molecule has 0 bridgehead atoms. The van der Waals surface area contributed by atoms with E-state index in [0.717, 1.165) is 29.2 Å². The molecular formula is C13H17N3S2. The highest BCUT2D eigenvalue weighted by Crippen LogP contribution is 2.36. The molecule has 1 fully saturated rings. The van der Waals surface area contributed by atoms with Gasteiger partial charge in [-0.2, -0.15) is 0 Å². The van der Waals surface area contributed by atoms with E-state index in [2.05, 4.69) is 10.4 Å². The number of hydrogen-bond acceptors (Lipinski definition) is 5. The lowest BCUT2D eigenvalue weighted by Crippen LogP contribution is -2.35. The van der Waals surface area contributed by atoms with E-state index < -0.39 is 0 Å². The van der Waals surface area contributed by atoms with Gasteiger partial charge in [0.15, 0.2) is 0 Å². The maximum Gasteiger partial charge on any atom is 0.113 e. The summed E-state index contributed by atoms with van der Waals surface area (Å²) in [6.07, 6.45) is 7.20. The fraction of sp³-hybridized carbons (Fsp3) is 0.538. The quantitative estimate of drug-likeness (QED) is 0.851. The molecule has 2 aromatic rings. The van der Waals surface area contributed by atoms with Crippen LogP contribution < -0.4 is 5.73 Å². The van der Waals surface area contributed by atoms with Gasteiger partial charge in [0.2, 0.25) is 0 Å². The van der Waals surface area contributed by atoms with Crippen LogP contribution in [0.1, 0.15) is 43.5 Å². The second-order valence-corrected chi connectivity index (χ2v) is 6.56. The Labute approximate surface area is 115 Å². The second-order valence-electron chi connectivity index (χ2n) is 4.98. The smallest absolute Gasteiger partial charge is 0.113 e. The maximum atomic E-state index is 6.58. The summed E-state index contributed by atoms with van der Waals surface area (Å²) in [6.45, 7) is 0. The highest BCUT2D eigenvalue weighted by Gasteiger charge is 2.31. The molecule has 2 N–H and O–H groups in total. The van der Waals surface area contributed by atoms with Crippen LogP contribution in [0.4, 0.5) is 0 Å². The third-order valence-electron chi connectivity index (χ3n) is 3.62. The highest BCUT2D eigenvalue weighted by atomic mass is 32.1. The van der Waals surface area contributed by atoms with Gasteiger partial charge in [-0.05, 0) is 12.8 Å². The Morgan fingerprint density at radius 1 is 1.06 bits per heavy atom. The van der Waals surface area contributed by atoms with E-state index in [0.29, 0.717) is 0 Å². The number of thiazole rings is 2. The van der Waals surface area contributed by atoms with Gasteiger partial charge >= 0.3 is 0 Å². The summed E-state index contributed by atoms with van der Waals surface area (Å²) in [5.41, 5.74) is 10.2. The van der Waals surface area contributed by atoms with E-state index in [4.69, 9.17) is 10.7 Å². The second kappa shape index (κ2) is 5.07. The van der Waals surface area contributed by atoms with Crippen LogP contribution in [0.15, 0.2) is 16.3 Å². The van der Waals surface area contributed by atoms with Crippen LogP contribution in [-0.2, 0) is 5.54 Å². The normalized spacial score (nSPS) is 19.6. The minimum atomic E-state index is -0.199. The number of rotatable bonds is 2. The maximum absolute atomic E-state index is 6.58. The van der Waals surface area contributed by atoms with Crippen LogP contribution >= 0.6 is 22.7 Å². The molecule has 3 rings (SSSR count). The minimum absolute atomic E-state index is 0.199. The Hall–Kier alpha value is -0.780. The molecule has 0 radical (unpaired) electrons. The zero-order chi connectivity index (χ0) is 12.4. The van der Waals surface area contributed by atoms with Crippen molar-refractivity contribution >= 4 is 22.7 Å². The molecule has 0 atom stereocenters. The Morgan fingerprint density at radius 3 is 2.50 bits per heavy atom. The lowest BCUT2D eigenvalue weighted by atomic mass is 9.92. The standard InChI is InChI=1S/C13H17N3S2/c14-13(5-3-1-2-4-6-13)12-16-11(8-18-12)10-7-17-9-15-10/h7-9H,1-6,14H2. The van der Waals surface area contributed by atoms with Crippen molar-refractivity contribution in [2.24, 2.45) is 5.73 Å². The summed E-state index contributed by atoms with van der Waals surface area (Å²) in [5, 5.41) is 5.21. The molecule has 1 aliphatic carbocycles. The molecule has 5 heteroatoms. The zero-order valence-electron chi connectivity index (χ0n) is 10.3. The number of hydrogen-bond donors (Lipinski definition) is 1. The Kier molecular flexibility index (Phi) is 3.46. The average molecular weight is 279 g/mol. The van der Waals surface area contributed by atoms with Gasteiger partial charge in [0, 0.05) is 10.8 Å². The van der Waals surface area contributed by atoms with Gasteiger partial charge in [0.1, 0.15) is 16.4 Å². The van der Waals surface area contributed by atoms with Crippen molar-refractivity contribution in [2.75, 3.05) is 0 Å². The molecule has 1 aliphatic rings. The predicted molar refractivity (Wildman–Crippen MR) is 76.8 cm³/mol. The van der Waals surface area contributed by atoms with E-state index in [1.54, 1.807) is 22.7 Å². The number of nitrogens with zero attached hydrogens (tertiary/aromatic N) is 2. The van der Waals surface area contributed by atoms with Gasteiger partial charge < -0.3 is 5.73 Å². The van der Waals surface area contributed by atoms with Crippen molar-refractivity contribution in [1.82, 2.24) is 9.97 Å². The van der Waals surface area contributed by atoms with Crippen molar-refractivity contribution in [3.8, 4) is 11.4 Å². The topological polar surface area (TPSA) is 51.8 Å². The van der Waals surface area contributed by atoms with E-state index in [9.17, 15) is 0 Å². The summed E-state index contributed by atoms with van der Waals surface area (Å²) in [7, 11) is 0. The highest BCUT2D eigenvalue weighted by molar-refractivity contribution is 7.10. The molecule has 0 amide bonds. The van der Waals surface area contributed by atoms with Gasteiger partial charge in [-0.1, -0.05) is 25.7 Å². The van der Waals surface area contributed by atoms with Crippen molar-refractivity contribution in [3.63, 3.8) is 0 Å². The third-order valence-corrected chi connectivity index (χ3v) is 5.27. The lowest BCUT2D eigenvalue weighted by Gasteiger charge is -2.25. The molecule has 0 unspecified atom stereocenters. The molecule has 0 aromatic carbocycles. The third kappa shape index (κ3) is 2.35. The molecule has 2 aromatic heterocycles. The molecule has 1 saturated carbocycles. The summed E-state index contributed by atoms with van der Waals surface area (Å²) >= 11 is 3.29. The predicted octanol–water partition coefficient (Wildman–Crippen LogP) is 3.77. The van der Waals surface area contributed by atoms with Crippen LogP contribution in [0.5, 0.6) is 0 Å². The van der Waals surface area contributed by atoms with E-state index in [1.165, 1.54) is 25.7 Å². The zero-order valence-corrected chi connectivity index (χ0v) is 11.9. The molecule has 18 heavy (non-hydrogen) atoms. The molecular weight excluding hydrogens is 262 g/mol. The first-order chi connectivity index (χ1) is 8.78. The van der Waals surface area contributed by atoms with Crippen molar-refractivity contribution in [1.29, 1.82) is 0 Å². The Balaban J connectivity index is 1.88. The summed E-state index contributed by atoms with van der Waals surface area (Å²) in [6, 6.07) is 0. The van der Waals surface area contributed by atoms with E-state index >= 15 is 0 Å². The fourth-order valence-corrected chi connectivity index (χ4v) is 4.06. The Bertz CT molecular complexity index is 496. The van der Waals surface area contributed by atoms with Gasteiger partial charge in [-0.15, -0.1) is 22.7 Å². The van der Waals surface area contributed by atoms with Gasteiger partial charge in [-0.3, -0.25) is 0 Å². The monoisotopic (exact) mass is 279 g/mol. The molecule has 0 aliphatic heterocycles. The van der Waals surface area contributed by atoms with Crippen molar-refractivity contribution < 1.29 is 0 Å². The van der Waals surface area contributed by atoms with Crippen LogP contribution in [0, 0.1) is 0 Å².